The minimum Gasteiger partial charge on any atom is -0.401 e. The van der Waals surface area contributed by atoms with Crippen LogP contribution in [0.1, 0.15) is 41.0 Å². The Balaban J connectivity index is 1.64. The molecule has 1 saturated heterocycles. The van der Waals surface area contributed by atoms with E-state index in [4.69, 9.17) is 13.9 Å². The zero-order valence-corrected chi connectivity index (χ0v) is 22.3. The van der Waals surface area contributed by atoms with E-state index in [1.54, 1.807) is 0 Å². The van der Waals surface area contributed by atoms with Gasteiger partial charge in [-0.25, -0.2) is 0 Å². The number of hydrogen-bond acceptors (Lipinski definition) is 3. The van der Waals surface area contributed by atoms with Gasteiger partial charge in [-0.15, -0.1) is 0 Å². The van der Waals surface area contributed by atoms with Crippen LogP contribution in [0.25, 0.3) is 0 Å². The van der Waals surface area contributed by atoms with Crippen LogP contribution in [0.2, 0.25) is 5.04 Å². The van der Waals surface area contributed by atoms with E-state index in [1.807, 2.05) is 13.8 Å². The Morgan fingerprint density at radius 1 is 0.968 bits per heavy atom. The van der Waals surface area contributed by atoms with Crippen LogP contribution in [-0.2, 0) is 13.9 Å². The average molecular weight is 549 g/mol. The zero-order valence-electron chi connectivity index (χ0n) is 19.1. The van der Waals surface area contributed by atoms with Gasteiger partial charge in [0, 0.05) is 9.84 Å². The Kier molecular flexibility index (Phi) is 5.26. The van der Waals surface area contributed by atoms with Gasteiger partial charge in [-0.3, -0.25) is 0 Å². The average Bonchev–Trinajstić information content (AvgIpc) is 3.31. The van der Waals surface area contributed by atoms with Gasteiger partial charge in [0.1, 0.15) is 6.10 Å². The molecule has 0 spiro atoms. The fourth-order valence-corrected chi connectivity index (χ4v) is 12.1. The second kappa shape index (κ2) is 7.39. The highest BCUT2D eigenvalue weighted by Gasteiger charge is 2.76. The maximum Gasteiger partial charge on any atom is 0.261 e. The van der Waals surface area contributed by atoms with Gasteiger partial charge in [0.25, 0.3) is 8.32 Å². The van der Waals surface area contributed by atoms with Crippen LogP contribution in [0, 0.1) is 11.3 Å². The van der Waals surface area contributed by atoms with Crippen molar-refractivity contribution in [3.05, 3.63) is 60.7 Å². The van der Waals surface area contributed by atoms with Crippen LogP contribution in [0.3, 0.4) is 0 Å². The van der Waals surface area contributed by atoms with E-state index < -0.39 is 14.1 Å². The molecule has 1 aliphatic heterocycles. The van der Waals surface area contributed by atoms with Crippen LogP contribution < -0.4 is 10.4 Å². The molecule has 166 valence electrons. The summed E-state index contributed by atoms with van der Waals surface area (Å²) in [4.78, 5) is 0. The molecular weight excluding hydrogens is 515 g/mol. The first-order valence-corrected chi connectivity index (χ1v) is 14.8. The molecule has 0 radical (unpaired) electrons. The van der Waals surface area contributed by atoms with Gasteiger partial charge in [-0.2, -0.15) is 0 Å². The molecule has 0 unspecified atom stereocenters. The number of rotatable bonds is 5. The Morgan fingerprint density at radius 2 is 1.52 bits per heavy atom. The number of fused-ring (bicyclic) bond motifs is 3. The molecule has 31 heavy (non-hydrogen) atoms. The number of halogens is 1. The number of benzene rings is 2. The van der Waals surface area contributed by atoms with Crippen molar-refractivity contribution in [3.8, 4) is 0 Å². The van der Waals surface area contributed by atoms with Gasteiger partial charge >= 0.3 is 0 Å². The summed E-state index contributed by atoms with van der Waals surface area (Å²) in [6, 6.07) is 21.9. The predicted molar refractivity (Wildman–Crippen MR) is 136 cm³/mol. The summed E-state index contributed by atoms with van der Waals surface area (Å²) >= 11 is 2.54. The summed E-state index contributed by atoms with van der Waals surface area (Å²) in [6.45, 7) is 11.1. The van der Waals surface area contributed by atoms with Crippen molar-refractivity contribution in [2.75, 3.05) is 4.43 Å². The number of ether oxygens (including phenoxy) is 2. The number of hydrogen-bond donors (Lipinski definition) is 0. The van der Waals surface area contributed by atoms with E-state index >= 15 is 0 Å². The molecule has 0 bridgehead atoms. The predicted octanol–water partition coefficient (Wildman–Crippen LogP) is 4.91. The van der Waals surface area contributed by atoms with E-state index in [-0.39, 0.29) is 28.8 Å². The molecule has 5 heteroatoms. The molecule has 5 rings (SSSR count). The summed E-state index contributed by atoms with van der Waals surface area (Å²) < 4.78 is 21.6. The maximum atomic E-state index is 7.55. The van der Waals surface area contributed by atoms with Gasteiger partial charge in [0.15, 0.2) is 5.79 Å². The lowest BCUT2D eigenvalue weighted by molar-refractivity contribution is -0.165. The van der Waals surface area contributed by atoms with E-state index in [0.717, 1.165) is 4.43 Å². The smallest absolute Gasteiger partial charge is 0.261 e. The highest BCUT2D eigenvalue weighted by atomic mass is 127. The zero-order chi connectivity index (χ0) is 22.1. The summed E-state index contributed by atoms with van der Waals surface area (Å²) in [6.07, 6.45) is 1.38. The normalized spacial score (nSPS) is 33.7. The Labute approximate surface area is 201 Å². The molecule has 0 N–H and O–H groups in total. The van der Waals surface area contributed by atoms with Crippen molar-refractivity contribution in [3.63, 3.8) is 0 Å². The van der Waals surface area contributed by atoms with Crippen LogP contribution in [0.15, 0.2) is 60.7 Å². The highest BCUT2D eigenvalue weighted by molar-refractivity contribution is 14.1. The first-order chi connectivity index (χ1) is 14.6. The van der Waals surface area contributed by atoms with Crippen molar-refractivity contribution in [2.24, 2.45) is 11.3 Å². The van der Waals surface area contributed by atoms with Crippen LogP contribution in [0.5, 0.6) is 0 Å². The van der Waals surface area contributed by atoms with Crippen LogP contribution in [0.4, 0.5) is 0 Å². The van der Waals surface area contributed by atoms with Crippen LogP contribution in [-0.4, -0.2) is 36.8 Å². The molecule has 0 amide bonds. The van der Waals surface area contributed by atoms with Crippen molar-refractivity contribution in [1.29, 1.82) is 0 Å². The monoisotopic (exact) mass is 548 g/mol. The second-order valence-corrected chi connectivity index (χ2v) is 16.0. The molecule has 2 aromatic carbocycles. The summed E-state index contributed by atoms with van der Waals surface area (Å²) in [5.41, 5.74) is 0.203. The quantitative estimate of drug-likeness (QED) is 0.302. The minimum absolute atomic E-state index is 0.00478. The second-order valence-electron chi connectivity index (χ2n) is 10.9. The maximum absolute atomic E-state index is 7.55. The third-order valence-corrected chi connectivity index (χ3v) is 14.0. The van der Waals surface area contributed by atoms with E-state index in [9.17, 15) is 0 Å². The Hall–Kier alpha value is -0.733. The molecule has 3 nitrogen and oxygen atoms in total. The lowest BCUT2D eigenvalue weighted by atomic mass is 10.0. The van der Waals surface area contributed by atoms with Gasteiger partial charge in [-0.05, 0) is 41.6 Å². The molecule has 2 saturated carbocycles. The molecule has 3 fully saturated rings. The van der Waals surface area contributed by atoms with Crippen LogP contribution >= 0.6 is 22.6 Å². The Morgan fingerprint density at radius 3 is 2.00 bits per heavy atom. The molecule has 0 aromatic heterocycles. The molecule has 2 aromatic rings. The standard InChI is InChI=1S/C26H33IO3Si/c1-24(2,3)31(18-12-8-6-9-13-18,19-14-10-7-11-15-19)30-21-20-16-26(20,17-27)23-22(21)28-25(4,5)29-23/h6-15,20-23H,16-17H2,1-5H3/t20-,21+,22+,23+,26-/m1/s1. The van der Waals surface area contributed by atoms with Crippen molar-refractivity contribution >= 4 is 41.3 Å². The van der Waals surface area contributed by atoms with Gasteiger partial charge in [0.2, 0.25) is 0 Å². The van der Waals surface area contributed by atoms with E-state index in [1.165, 1.54) is 16.8 Å². The lowest BCUT2D eigenvalue weighted by Crippen LogP contribution is -2.68. The molecule has 5 atom stereocenters. The largest absolute Gasteiger partial charge is 0.401 e. The fourth-order valence-electron chi connectivity index (χ4n) is 6.10. The van der Waals surface area contributed by atoms with Gasteiger partial charge in [0.05, 0.1) is 12.2 Å². The summed E-state index contributed by atoms with van der Waals surface area (Å²) in [5, 5.41) is 2.62. The van der Waals surface area contributed by atoms with E-state index in [2.05, 4.69) is 104 Å². The van der Waals surface area contributed by atoms with Crippen molar-refractivity contribution in [1.82, 2.24) is 0 Å². The van der Waals surface area contributed by atoms with Crippen molar-refractivity contribution in [2.45, 2.75) is 70.2 Å². The fraction of sp³-hybridized carbons (Fsp3) is 0.538. The molecule has 2 aliphatic carbocycles. The van der Waals surface area contributed by atoms with E-state index in [0.29, 0.717) is 5.92 Å². The van der Waals surface area contributed by atoms with Gasteiger partial charge in [-0.1, -0.05) is 104 Å². The Bertz CT molecular complexity index is 903. The molecule has 3 aliphatic rings. The summed E-state index contributed by atoms with van der Waals surface area (Å²) in [5.74, 6) is -0.0356. The first-order valence-electron chi connectivity index (χ1n) is 11.4. The number of alkyl halides is 1. The first kappa shape index (κ1) is 22.1. The summed E-state index contributed by atoms with van der Waals surface area (Å²) in [7, 11) is -2.62. The SMILES string of the molecule is CC1(C)O[C@H]2[C@@H](O[Si](c3ccccc3)(c3ccccc3)C(C)(C)C)[C@H]3C[C@]3(CI)[C@H]2O1. The molecule has 1 heterocycles. The highest BCUT2D eigenvalue weighted by Crippen LogP contribution is 2.69. The molecular formula is C26H33IO3Si. The topological polar surface area (TPSA) is 27.7 Å². The lowest BCUT2D eigenvalue weighted by Gasteiger charge is -2.45. The van der Waals surface area contributed by atoms with Crippen molar-refractivity contribution < 1.29 is 13.9 Å². The third-order valence-electron chi connectivity index (χ3n) is 7.57. The minimum atomic E-state index is -2.62. The van der Waals surface area contributed by atoms with Gasteiger partial charge < -0.3 is 13.9 Å². The third kappa shape index (κ3) is 3.29.